The number of hydrogen-bond acceptors (Lipinski definition) is 4. The van der Waals surface area contributed by atoms with Crippen molar-refractivity contribution in [2.45, 2.75) is 32.1 Å². The molecular weight excluding hydrogens is 392 g/mol. The summed E-state index contributed by atoms with van der Waals surface area (Å²) in [5, 5.41) is 2.68. The Balaban J connectivity index is 1.41. The maximum absolute atomic E-state index is 13.3. The first-order valence-corrected chi connectivity index (χ1v) is 11.5. The smallest absolute Gasteiger partial charge is 0.277 e. The average molecular weight is 417 g/mol. The number of likely N-dealkylation sites (tertiary alicyclic amines) is 1. The molecule has 0 saturated carbocycles. The molecule has 5 rings (SSSR count). The summed E-state index contributed by atoms with van der Waals surface area (Å²) in [6.07, 6.45) is 8.03. The highest BCUT2D eigenvalue weighted by Gasteiger charge is 2.31. The molecular formula is C25H24N2O2S. The van der Waals surface area contributed by atoms with Gasteiger partial charge in [0.25, 0.3) is 5.91 Å². The van der Waals surface area contributed by atoms with Crippen molar-refractivity contribution in [2.24, 2.45) is 5.92 Å². The highest BCUT2D eigenvalue weighted by atomic mass is 32.1. The van der Waals surface area contributed by atoms with Crippen molar-refractivity contribution in [3.63, 3.8) is 0 Å². The lowest BCUT2D eigenvalue weighted by molar-refractivity contribution is 0.0744. The molecule has 1 amide bonds. The molecule has 3 aromatic rings. The third-order valence-corrected chi connectivity index (χ3v) is 6.71. The second-order valence-electron chi connectivity index (χ2n) is 7.81. The van der Waals surface area contributed by atoms with Gasteiger partial charge in [-0.1, -0.05) is 36.4 Å². The first-order chi connectivity index (χ1) is 14.8. The zero-order valence-corrected chi connectivity index (χ0v) is 17.6. The summed E-state index contributed by atoms with van der Waals surface area (Å²) in [5.41, 5.74) is 2.65. The second-order valence-corrected chi connectivity index (χ2v) is 8.66. The fourth-order valence-electron chi connectivity index (χ4n) is 4.38. The van der Waals surface area contributed by atoms with Crippen molar-refractivity contribution in [1.82, 2.24) is 9.88 Å². The van der Waals surface area contributed by atoms with Gasteiger partial charge in [-0.05, 0) is 62.3 Å². The highest BCUT2D eigenvalue weighted by molar-refractivity contribution is 7.13. The Bertz CT molecular complexity index is 1070. The first kappa shape index (κ1) is 19.1. The van der Waals surface area contributed by atoms with Gasteiger partial charge in [-0.25, -0.2) is 4.98 Å². The molecule has 1 atom stereocenters. The lowest BCUT2D eigenvalue weighted by atomic mass is 9.85. The lowest BCUT2D eigenvalue weighted by Crippen LogP contribution is -2.39. The summed E-state index contributed by atoms with van der Waals surface area (Å²) in [4.78, 5) is 20.0. The SMILES string of the molecule is O=C(c1csc(-c2ccccc2Oc2ccccc2)n1)N1CCCC2CCCC=C21. The van der Waals surface area contributed by atoms with Gasteiger partial charge >= 0.3 is 0 Å². The minimum Gasteiger partial charge on any atom is -0.457 e. The van der Waals surface area contributed by atoms with Crippen LogP contribution in [-0.2, 0) is 0 Å². The van der Waals surface area contributed by atoms with Crippen LogP contribution in [0, 0.1) is 5.92 Å². The third-order valence-electron chi connectivity index (χ3n) is 5.83. The van der Waals surface area contributed by atoms with E-state index in [1.165, 1.54) is 36.3 Å². The van der Waals surface area contributed by atoms with Gasteiger partial charge in [0, 0.05) is 17.6 Å². The number of carbonyl (C=O) groups is 1. The second kappa shape index (κ2) is 8.44. The maximum atomic E-state index is 13.3. The van der Waals surface area contributed by atoms with Crippen molar-refractivity contribution in [2.75, 3.05) is 6.54 Å². The molecule has 4 nitrogen and oxygen atoms in total. The van der Waals surface area contributed by atoms with Gasteiger partial charge < -0.3 is 9.64 Å². The van der Waals surface area contributed by atoms with Gasteiger partial charge in [-0.3, -0.25) is 4.79 Å². The predicted molar refractivity (Wildman–Crippen MR) is 120 cm³/mol. The molecule has 1 fully saturated rings. The molecule has 0 bridgehead atoms. The van der Waals surface area contributed by atoms with Crippen LogP contribution < -0.4 is 4.74 Å². The molecule has 1 aromatic heterocycles. The van der Waals surface area contributed by atoms with Crippen LogP contribution in [0.5, 0.6) is 11.5 Å². The van der Waals surface area contributed by atoms with Crippen LogP contribution in [0.1, 0.15) is 42.6 Å². The van der Waals surface area contributed by atoms with Gasteiger partial charge in [0.05, 0.1) is 5.56 Å². The van der Waals surface area contributed by atoms with Crippen LogP contribution in [0.2, 0.25) is 0 Å². The van der Waals surface area contributed by atoms with Crippen molar-refractivity contribution in [3.8, 4) is 22.1 Å². The third kappa shape index (κ3) is 3.77. The van der Waals surface area contributed by atoms with E-state index in [4.69, 9.17) is 9.72 Å². The summed E-state index contributed by atoms with van der Waals surface area (Å²) in [6, 6.07) is 17.6. The van der Waals surface area contributed by atoms with E-state index in [1.807, 2.05) is 64.9 Å². The number of rotatable bonds is 4. The monoisotopic (exact) mass is 416 g/mol. The molecule has 0 radical (unpaired) electrons. The molecule has 2 aromatic carbocycles. The fourth-order valence-corrected chi connectivity index (χ4v) is 5.20. The number of thiazole rings is 1. The molecule has 5 heteroatoms. The fraction of sp³-hybridized carbons (Fsp3) is 0.280. The van der Waals surface area contributed by atoms with Crippen molar-refractivity contribution >= 4 is 17.2 Å². The Hall–Kier alpha value is -2.92. The Morgan fingerprint density at radius 2 is 1.83 bits per heavy atom. The number of allylic oxidation sites excluding steroid dienone is 2. The molecule has 30 heavy (non-hydrogen) atoms. The van der Waals surface area contributed by atoms with Gasteiger partial charge in [0.15, 0.2) is 0 Å². The van der Waals surface area contributed by atoms with Crippen LogP contribution in [0.3, 0.4) is 0 Å². The van der Waals surface area contributed by atoms with Crippen molar-refractivity contribution < 1.29 is 9.53 Å². The molecule has 1 unspecified atom stereocenters. The van der Waals surface area contributed by atoms with Crippen molar-refractivity contribution in [3.05, 3.63) is 77.4 Å². The number of carbonyl (C=O) groups excluding carboxylic acids is 1. The summed E-state index contributed by atoms with van der Waals surface area (Å²) < 4.78 is 6.08. The number of amides is 1. The number of hydrogen-bond donors (Lipinski definition) is 0. The van der Waals surface area contributed by atoms with E-state index < -0.39 is 0 Å². The summed E-state index contributed by atoms with van der Waals surface area (Å²) in [7, 11) is 0. The molecule has 152 valence electrons. The highest BCUT2D eigenvalue weighted by Crippen LogP contribution is 2.38. The van der Waals surface area contributed by atoms with E-state index in [1.54, 1.807) is 0 Å². The molecule has 1 aliphatic carbocycles. The number of nitrogens with zero attached hydrogens (tertiary/aromatic N) is 2. The Kier molecular flexibility index (Phi) is 5.37. The quantitative estimate of drug-likeness (QED) is 0.486. The Morgan fingerprint density at radius 1 is 1.03 bits per heavy atom. The van der Waals surface area contributed by atoms with E-state index >= 15 is 0 Å². The summed E-state index contributed by atoms with van der Waals surface area (Å²) >= 11 is 1.49. The molecule has 2 aliphatic rings. The van der Waals surface area contributed by atoms with E-state index in [-0.39, 0.29) is 5.91 Å². The Morgan fingerprint density at radius 3 is 2.73 bits per heavy atom. The zero-order chi connectivity index (χ0) is 20.3. The number of ether oxygens (including phenoxy) is 1. The zero-order valence-electron chi connectivity index (χ0n) is 16.8. The standard InChI is InChI=1S/C25H24N2O2S/c28-25(27-16-8-10-18-9-4-6-14-22(18)27)21-17-30-24(26-21)20-13-5-7-15-23(20)29-19-11-2-1-3-12-19/h1-3,5,7,11-15,17-18H,4,6,8-10,16H2. The summed E-state index contributed by atoms with van der Waals surface area (Å²) in [5.74, 6) is 2.08. The molecule has 1 aliphatic heterocycles. The number of para-hydroxylation sites is 2. The number of fused-ring (bicyclic) bond motifs is 1. The summed E-state index contributed by atoms with van der Waals surface area (Å²) in [6.45, 7) is 0.793. The molecule has 2 heterocycles. The minimum atomic E-state index is 0.0248. The van der Waals surface area contributed by atoms with Crippen LogP contribution >= 0.6 is 11.3 Å². The van der Waals surface area contributed by atoms with Gasteiger partial charge in [-0.15, -0.1) is 11.3 Å². The molecule has 0 spiro atoms. The number of benzene rings is 2. The average Bonchev–Trinajstić information content (AvgIpc) is 3.29. The van der Waals surface area contributed by atoms with Gasteiger partial charge in [0.2, 0.25) is 0 Å². The number of aromatic nitrogens is 1. The minimum absolute atomic E-state index is 0.0248. The van der Waals surface area contributed by atoms with E-state index in [2.05, 4.69) is 6.08 Å². The topological polar surface area (TPSA) is 42.4 Å². The number of piperidine rings is 1. The van der Waals surface area contributed by atoms with E-state index in [9.17, 15) is 4.79 Å². The first-order valence-electron chi connectivity index (χ1n) is 10.6. The van der Waals surface area contributed by atoms with Crippen LogP contribution in [0.4, 0.5) is 0 Å². The largest absolute Gasteiger partial charge is 0.457 e. The molecule has 0 N–H and O–H groups in total. The predicted octanol–water partition coefficient (Wildman–Crippen LogP) is 6.52. The van der Waals surface area contributed by atoms with E-state index in [0.717, 1.165) is 41.5 Å². The lowest BCUT2D eigenvalue weighted by Gasteiger charge is -2.37. The maximum Gasteiger partial charge on any atom is 0.277 e. The van der Waals surface area contributed by atoms with Gasteiger partial charge in [-0.2, -0.15) is 0 Å². The van der Waals surface area contributed by atoms with Crippen LogP contribution in [0.15, 0.2) is 71.8 Å². The Labute approximate surface area is 180 Å². The molecule has 1 saturated heterocycles. The normalized spacial score (nSPS) is 18.5. The van der Waals surface area contributed by atoms with Gasteiger partial charge in [0.1, 0.15) is 22.2 Å². The van der Waals surface area contributed by atoms with Crippen LogP contribution in [0.25, 0.3) is 10.6 Å². The van der Waals surface area contributed by atoms with Crippen molar-refractivity contribution in [1.29, 1.82) is 0 Å². The van der Waals surface area contributed by atoms with E-state index in [0.29, 0.717) is 11.6 Å². The van der Waals surface area contributed by atoms with Crippen LogP contribution in [-0.4, -0.2) is 22.3 Å².